The maximum absolute atomic E-state index is 13.8. The summed E-state index contributed by atoms with van der Waals surface area (Å²) < 4.78 is 3.32. The Morgan fingerprint density at radius 2 is 1.66 bits per heavy atom. The van der Waals surface area contributed by atoms with E-state index < -0.39 is 0 Å². The highest BCUT2D eigenvalue weighted by Gasteiger charge is 2.29. The third kappa shape index (κ3) is 4.21. The lowest BCUT2D eigenvalue weighted by molar-refractivity contribution is 0.577. The van der Waals surface area contributed by atoms with E-state index >= 15 is 0 Å². The predicted octanol–water partition coefficient (Wildman–Crippen LogP) is 6.89. The number of nitrogens with one attached hydrogen (secondary N) is 1. The maximum atomic E-state index is 13.8. The number of fused-ring (bicyclic) bond motifs is 4. The smallest absolute Gasteiger partial charge is 0.280 e. The zero-order chi connectivity index (χ0) is 29.9. The average molecular weight is 614 g/mol. The van der Waals surface area contributed by atoms with Gasteiger partial charge in [-0.1, -0.05) is 71.9 Å². The van der Waals surface area contributed by atoms with Crippen LogP contribution < -0.4 is 16.6 Å². The Bertz CT molecular complexity index is 2400. The molecule has 6 aromatic rings. The van der Waals surface area contributed by atoms with Gasteiger partial charge in [-0.2, -0.15) is 0 Å². The number of aliphatic imine (C=N–C) groups is 1. The van der Waals surface area contributed by atoms with E-state index in [2.05, 4.69) is 29.4 Å². The molecule has 9 heteroatoms. The van der Waals surface area contributed by atoms with Crippen molar-refractivity contribution >= 4 is 56.8 Å². The third-order valence-corrected chi connectivity index (χ3v) is 9.58. The number of H-pyrrole nitrogens is 1. The Kier molecular flexibility index (Phi) is 6.29. The number of hydrogen-bond acceptors (Lipinski definition) is 5. The largest absolute Gasteiger partial charge is 0.295 e. The molecule has 1 N–H and O–H groups in total. The van der Waals surface area contributed by atoms with Crippen LogP contribution in [0.25, 0.3) is 27.2 Å². The number of aryl methyl sites for hydroxylation is 1. The molecule has 0 bridgehead atoms. The van der Waals surface area contributed by atoms with E-state index in [1.807, 2.05) is 66.1 Å². The molecule has 0 spiro atoms. The number of pyridine rings is 1. The van der Waals surface area contributed by atoms with E-state index in [0.717, 1.165) is 37.1 Å². The summed E-state index contributed by atoms with van der Waals surface area (Å²) >= 11 is 7.61. The van der Waals surface area contributed by atoms with Crippen molar-refractivity contribution in [2.24, 2.45) is 9.98 Å². The summed E-state index contributed by atoms with van der Waals surface area (Å²) in [6, 6.07) is 24.8. The minimum atomic E-state index is -0.193. The highest BCUT2D eigenvalue weighted by Crippen LogP contribution is 2.40. The van der Waals surface area contributed by atoms with Gasteiger partial charge in [-0.15, -0.1) is 0 Å². The van der Waals surface area contributed by atoms with Crippen LogP contribution in [-0.4, -0.2) is 26.6 Å². The van der Waals surface area contributed by atoms with E-state index in [9.17, 15) is 9.59 Å². The molecule has 2 aromatic heterocycles. The molecule has 7 nitrogen and oxygen atoms in total. The van der Waals surface area contributed by atoms with Crippen LogP contribution >= 0.6 is 23.4 Å². The number of para-hydroxylation sites is 1. The monoisotopic (exact) mass is 613 g/mol. The molecule has 0 fully saturated rings. The predicted molar refractivity (Wildman–Crippen MR) is 178 cm³/mol. The number of aromatic amines is 1. The van der Waals surface area contributed by atoms with Crippen LogP contribution in [0.3, 0.4) is 0 Å². The van der Waals surface area contributed by atoms with E-state index in [-0.39, 0.29) is 23.2 Å². The highest BCUT2D eigenvalue weighted by molar-refractivity contribution is 7.99. The number of halogens is 1. The number of aromatic nitrogens is 3. The highest BCUT2D eigenvalue weighted by atomic mass is 35.5. The fraction of sp³-hybridized carbons (Fsp3) is 0.0857. The van der Waals surface area contributed by atoms with Gasteiger partial charge < -0.3 is 0 Å². The van der Waals surface area contributed by atoms with Crippen LogP contribution in [-0.2, 0) is 0 Å². The second-order valence-corrected chi connectivity index (χ2v) is 12.3. The van der Waals surface area contributed by atoms with Crippen molar-refractivity contribution < 1.29 is 0 Å². The van der Waals surface area contributed by atoms with Crippen molar-refractivity contribution in [2.75, 3.05) is 0 Å². The summed E-state index contributed by atoms with van der Waals surface area (Å²) in [6.45, 7) is 1.85. The molecule has 0 saturated carbocycles. The summed E-state index contributed by atoms with van der Waals surface area (Å²) in [6.07, 6.45) is 9.69. The number of nitrogens with zero attached hydrogens (tertiary/aromatic N) is 4. The zero-order valence-corrected chi connectivity index (χ0v) is 25.0. The minimum Gasteiger partial charge on any atom is -0.295 e. The first-order valence-electron chi connectivity index (χ1n) is 14.2. The van der Waals surface area contributed by atoms with E-state index in [0.29, 0.717) is 27.4 Å². The van der Waals surface area contributed by atoms with Crippen molar-refractivity contribution in [1.29, 1.82) is 0 Å². The van der Waals surface area contributed by atoms with Crippen molar-refractivity contribution in [1.82, 2.24) is 14.3 Å². The fourth-order valence-corrected chi connectivity index (χ4v) is 7.22. The lowest BCUT2D eigenvalue weighted by atomic mass is 10.0. The summed E-state index contributed by atoms with van der Waals surface area (Å²) in [5.41, 5.74) is 3.14. The molecule has 1 aliphatic carbocycles. The first-order valence-corrected chi connectivity index (χ1v) is 15.4. The van der Waals surface area contributed by atoms with Crippen molar-refractivity contribution in [3.63, 3.8) is 0 Å². The minimum absolute atomic E-state index is 0.0208. The Morgan fingerprint density at radius 3 is 2.52 bits per heavy atom. The van der Waals surface area contributed by atoms with E-state index in [4.69, 9.17) is 21.6 Å². The molecule has 214 valence electrons. The summed E-state index contributed by atoms with van der Waals surface area (Å²) in [4.78, 5) is 38.7. The van der Waals surface area contributed by atoms with Crippen molar-refractivity contribution in [3.8, 4) is 5.69 Å². The molecule has 4 aromatic carbocycles. The topological polar surface area (TPSA) is 84.5 Å². The van der Waals surface area contributed by atoms with Gasteiger partial charge in [0.15, 0.2) is 0 Å². The Labute approximate surface area is 260 Å². The van der Waals surface area contributed by atoms with Gasteiger partial charge in [0.2, 0.25) is 0 Å². The van der Waals surface area contributed by atoms with Crippen LogP contribution in [0.15, 0.2) is 133 Å². The first kappa shape index (κ1) is 26.7. The molecular weight excluding hydrogens is 590 g/mol. The van der Waals surface area contributed by atoms with Crippen LogP contribution in [0.1, 0.15) is 17.3 Å². The maximum Gasteiger partial charge on any atom is 0.280 e. The molecule has 0 saturated heterocycles. The molecule has 0 amide bonds. The number of hydrogen-bond donors (Lipinski definition) is 1. The van der Waals surface area contributed by atoms with Crippen LogP contribution in [0.2, 0.25) is 5.02 Å². The Balaban J connectivity index is 1.19. The van der Waals surface area contributed by atoms with Crippen LogP contribution in [0.4, 0.5) is 5.69 Å². The van der Waals surface area contributed by atoms with Gasteiger partial charge in [-0.25, -0.2) is 4.68 Å². The molecular formula is C35H24ClN5O2S. The third-order valence-electron chi connectivity index (χ3n) is 8.19. The number of rotatable bonds is 5. The molecule has 44 heavy (non-hydrogen) atoms. The van der Waals surface area contributed by atoms with Gasteiger partial charge in [0.1, 0.15) is 5.49 Å². The molecule has 2 aliphatic rings. The van der Waals surface area contributed by atoms with Crippen LogP contribution in [0, 0.1) is 6.92 Å². The first-order chi connectivity index (χ1) is 21.5. The Hall–Kier alpha value is -4.92. The lowest BCUT2D eigenvalue weighted by Crippen LogP contribution is -2.34. The standard InChI is InChI=1S/C35H24ClN5O2S/c1-20-26(35(43)41(39-20)22-15-13-21(36)14-16-22)19-37-28-10-3-5-12-31(28)44-30-18-17-24-32-23(30)7-6-8-25(32)34(42)40-29-11-4-2-9-27(29)38-33(24)40/h2-19,27,29,39H,1H3. The molecule has 1 aliphatic heterocycles. The molecule has 2 unspecified atom stereocenters. The van der Waals surface area contributed by atoms with Gasteiger partial charge in [0, 0.05) is 42.9 Å². The zero-order valence-electron chi connectivity index (χ0n) is 23.4. The van der Waals surface area contributed by atoms with Crippen molar-refractivity contribution in [3.05, 3.63) is 146 Å². The van der Waals surface area contributed by atoms with Gasteiger partial charge in [0.05, 0.1) is 29.0 Å². The van der Waals surface area contributed by atoms with E-state index in [1.165, 1.54) is 4.68 Å². The summed E-state index contributed by atoms with van der Waals surface area (Å²) in [7, 11) is 0. The number of benzene rings is 4. The van der Waals surface area contributed by atoms with Gasteiger partial charge >= 0.3 is 0 Å². The second-order valence-electron chi connectivity index (χ2n) is 10.8. The molecule has 2 atom stereocenters. The molecule has 8 rings (SSSR count). The fourth-order valence-electron chi connectivity index (χ4n) is 6.07. The average Bonchev–Trinajstić information content (AvgIpc) is 3.57. The van der Waals surface area contributed by atoms with Crippen LogP contribution in [0.5, 0.6) is 0 Å². The normalized spacial score (nSPS) is 17.0. The van der Waals surface area contributed by atoms with E-state index in [1.54, 1.807) is 42.2 Å². The van der Waals surface area contributed by atoms with Gasteiger partial charge in [0.25, 0.3) is 11.1 Å². The summed E-state index contributed by atoms with van der Waals surface area (Å²) in [5, 5.41) is 7.32. The second kappa shape index (κ2) is 10.4. The molecule has 0 radical (unpaired) electrons. The SMILES string of the molecule is Cc1[nH]n(-c2ccc(Cl)cc2)c(=O)c1C=Nc1ccccc1Sc1ccc2c3n(c(=O)c4cccc1c42)C1C=CC=CC1N=3. The Morgan fingerprint density at radius 1 is 0.864 bits per heavy atom. The van der Waals surface area contributed by atoms with Crippen molar-refractivity contribution in [2.45, 2.75) is 28.8 Å². The summed E-state index contributed by atoms with van der Waals surface area (Å²) in [5.74, 6) is 0. The lowest BCUT2D eigenvalue weighted by Gasteiger charge is -2.18. The molecule has 3 heterocycles. The van der Waals surface area contributed by atoms with Gasteiger partial charge in [-0.05, 0) is 66.9 Å². The van der Waals surface area contributed by atoms with Gasteiger partial charge in [-0.3, -0.25) is 29.2 Å². The number of allylic oxidation sites excluding steroid dienone is 2. The quantitative estimate of drug-likeness (QED) is 0.215.